The molecule has 0 radical (unpaired) electrons. The standard InChI is InChI=1S/C18H20ClF4N5O/c1-28(16(29)10-6-7-12(19)13(20)8-10)17(24-11-4-2-3-5-11)25-15-9-14(26-27-15)18(21,22)23/h6-9,11,17,24H,2-5H2,1H3,(H2,25,26,27). The van der Waals surface area contributed by atoms with Crippen molar-refractivity contribution in [1.29, 1.82) is 0 Å². The van der Waals surface area contributed by atoms with Gasteiger partial charge in [0.05, 0.1) is 5.02 Å². The van der Waals surface area contributed by atoms with Crippen LogP contribution in [-0.2, 0) is 6.18 Å². The number of benzene rings is 1. The number of alkyl halides is 3. The zero-order chi connectivity index (χ0) is 21.2. The van der Waals surface area contributed by atoms with E-state index in [1.54, 1.807) is 0 Å². The zero-order valence-corrected chi connectivity index (χ0v) is 16.2. The van der Waals surface area contributed by atoms with Crippen LogP contribution in [0.25, 0.3) is 0 Å². The van der Waals surface area contributed by atoms with Crippen LogP contribution < -0.4 is 10.6 Å². The Labute approximate surface area is 169 Å². The van der Waals surface area contributed by atoms with Crippen LogP contribution in [0.1, 0.15) is 41.7 Å². The Morgan fingerprint density at radius 1 is 1.31 bits per heavy atom. The molecule has 3 rings (SSSR count). The fourth-order valence-electron chi connectivity index (χ4n) is 3.20. The summed E-state index contributed by atoms with van der Waals surface area (Å²) in [6.07, 6.45) is -1.62. The summed E-state index contributed by atoms with van der Waals surface area (Å²) in [6.45, 7) is 0. The second kappa shape index (κ2) is 8.58. The van der Waals surface area contributed by atoms with Crippen LogP contribution in [0.4, 0.5) is 23.4 Å². The van der Waals surface area contributed by atoms with Crippen molar-refractivity contribution in [2.24, 2.45) is 0 Å². The molecule has 6 nitrogen and oxygen atoms in total. The second-order valence-corrected chi connectivity index (χ2v) is 7.31. The Balaban J connectivity index is 1.80. The Kier molecular flexibility index (Phi) is 6.33. The SMILES string of the molecule is CN(C(=O)c1ccc(Cl)c(F)c1)C(Nc1cc(C(F)(F)F)[nH]n1)NC1CCCC1. The van der Waals surface area contributed by atoms with Crippen LogP contribution in [-0.4, -0.2) is 40.4 Å². The number of aromatic amines is 1. The van der Waals surface area contributed by atoms with Crippen molar-refractivity contribution in [3.05, 3.63) is 46.4 Å². The monoisotopic (exact) mass is 433 g/mol. The van der Waals surface area contributed by atoms with Gasteiger partial charge in [0.15, 0.2) is 12.1 Å². The van der Waals surface area contributed by atoms with Crippen LogP contribution in [0, 0.1) is 5.82 Å². The minimum atomic E-state index is -4.57. The van der Waals surface area contributed by atoms with Gasteiger partial charge in [-0.3, -0.25) is 15.2 Å². The molecule has 0 spiro atoms. The van der Waals surface area contributed by atoms with Crippen LogP contribution in [0.2, 0.25) is 5.02 Å². The third kappa shape index (κ3) is 5.18. The highest BCUT2D eigenvalue weighted by Gasteiger charge is 2.34. The minimum Gasteiger partial charge on any atom is -0.336 e. The highest BCUT2D eigenvalue weighted by Crippen LogP contribution is 2.29. The number of H-pyrrole nitrogens is 1. The molecule has 1 atom stereocenters. The molecule has 3 N–H and O–H groups in total. The summed E-state index contributed by atoms with van der Waals surface area (Å²) in [4.78, 5) is 14.1. The quantitative estimate of drug-likeness (QED) is 0.471. The van der Waals surface area contributed by atoms with Gasteiger partial charge in [-0.05, 0) is 31.0 Å². The number of amides is 1. The molecule has 1 unspecified atom stereocenters. The summed E-state index contributed by atoms with van der Waals surface area (Å²) < 4.78 is 52.2. The molecule has 1 aliphatic rings. The number of aromatic nitrogens is 2. The van der Waals surface area contributed by atoms with Gasteiger partial charge in [0.25, 0.3) is 5.91 Å². The van der Waals surface area contributed by atoms with E-state index in [4.69, 9.17) is 11.6 Å². The van der Waals surface area contributed by atoms with Gasteiger partial charge in [0, 0.05) is 24.7 Å². The number of carbonyl (C=O) groups excluding carboxylic acids is 1. The number of anilines is 1. The van der Waals surface area contributed by atoms with Crippen molar-refractivity contribution in [3.8, 4) is 0 Å². The van der Waals surface area contributed by atoms with E-state index >= 15 is 0 Å². The van der Waals surface area contributed by atoms with E-state index in [1.807, 2.05) is 5.10 Å². The Hall–Kier alpha value is -2.33. The molecule has 1 aromatic carbocycles. The normalized spacial score (nSPS) is 16.1. The summed E-state index contributed by atoms with van der Waals surface area (Å²) >= 11 is 5.66. The third-order valence-electron chi connectivity index (χ3n) is 4.79. The number of hydrogen-bond donors (Lipinski definition) is 3. The molecule has 1 amide bonds. The number of nitrogens with one attached hydrogen (secondary N) is 3. The van der Waals surface area contributed by atoms with E-state index in [2.05, 4.69) is 15.7 Å². The molecule has 11 heteroatoms. The minimum absolute atomic E-state index is 0.0624. The maximum absolute atomic E-state index is 13.7. The average molecular weight is 434 g/mol. The van der Waals surface area contributed by atoms with Gasteiger partial charge >= 0.3 is 6.18 Å². The predicted molar refractivity (Wildman–Crippen MR) is 99.9 cm³/mol. The summed E-state index contributed by atoms with van der Waals surface area (Å²) in [5.41, 5.74) is -0.944. The maximum atomic E-state index is 13.7. The predicted octanol–water partition coefficient (Wildman–Crippen LogP) is 4.22. The Morgan fingerprint density at radius 3 is 2.59 bits per heavy atom. The van der Waals surface area contributed by atoms with E-state index in [9.17, 15) is 22.4 Å². The lowest BCUT2D eigenvalue weighted by Gasteiger charge is -2.32. The Morgan fingerprint density at radius 2 is 2.00 bits per heavy atom. The molecule has 0 aliphatic heterocycles. The molecule has 29 heavy (non-hydrogen) atoms. The zero-order valence-electron chi connectivity index (χ0n) is 15.5. The molecule has 0 saturated heterocycles. The smallest absolute Gasteiger partial charge is 0.336 e. The average Bonchev–Trinajstić information content (AvgIpc) is 3.34. The topological polar surface area (TPSA) is 73.0 Å². The Bertz CT molecular complexity index is 866. The summed E-state index contributed by atoms with van der Waals surface area (Å²) in [7, 11) is 1.46. The largest absolute Gasteiger partial charge is 0.432 e. The van der Waals surface area contributed by atoms with Crippen molar-refractivity contribution in [3.63, 3.8) is 0 Å². The molecule has 2 aromatic rings. The highest BCUT2D eigenvalue weighted by atomic mass is 35.5. The third-order valence-corrected chi connectivity index (χ3v) is 5.10. The number of hydrogen-bond acceptors (Lipinski definition) is 4. The lowest BCUT2D eigenvalue weighted by atomic mass is 10.2. The highest BCUT2D eigenvalue weighted by molar-refractivity contribution is 6.30. The first-order chi connectivity index (χ1) is 13.6. The van der Waals surface area contributed by atoms with Crippen molar-refractivity contribution < 1.29 is 22.4 Å². The van der Waals surface area contributed by atoms with Crippen LogP contribution >= 0.6 is 11.6 Å². The number of carbonyl (C=O) groups is 1. The van der Waals surface area contributed by atoms with Crippen LogP contribution in [0.3, 0.4) is 0 Å². The lowest BCUT2D eigenvalue weighted by Crippen LogP contribution is -2.54. The van der Waals surface area contributed by atoms with E-state index in [0.29, 0.717) is 0 Å². The molecule has 158 valence electrons. The van der Waals surface area contributed by atoms with E-state index in [1.165, 1.54) is 24.1 Å². The van der Waals surface area contributed by atoms with Crippen molar-refractivity contribution >= 4 is 23.3 Å². The van der Waals surface area contributed by atoms with Gasteiger partial charge in [0.2, 0.25) is 0 Å². The van der Waals surface area contributed by atoms with Crippen molar-refractivity contribution in [2.45, 2.75) is 44.2 Å². The van der Waals surface area contributed by atoms with Gasteiger partial charge in [-0.15, -0.1) is 0 Å². The number of halogens is 5. The molecule has 1 heterocycles. The fourth-order valence-corrected chi connectivity index (χ4v) is 3.31. The molecule has 1 fully saturated rings. The van der Waals surface area contributed by atoms with Gasteiger partial charge in [-0.1, -0.05) is 24.4 Å². The van der Waals surface area contributed by atoms with Gasteiger partial charge in [0.1, 0.15) is 11.5 Å². The number of nitrogens with zero attached hydrogens (tertiary/aromatic N) is 2. The summed E-state index contributed by atoms with van der Waals surface area (Å²) in [6, 6.07) is 4.58. The van der Waals surface area contributed by atoms with E-state index < -0.39 is 29.9 Å². The lowest BCUT2D eigenvalue weighted by molar-refractivity contribution is -0.141. The van der Waals surface area contributed by atoms with Gasteiger partial charge in [-0.2, -0.15) is 18.3 Å². The first-order valence-corrected chi connectivity index (χ1v) is 9.40. The summed E-state index contributed by atoms with van der Waals surface area (Å²) in [5.74, 6) is -1.34. The first-order valence-electron chi connectivity index (χ1n) is 9.02. The molecular formula is C18H20ClF4N5O. The maximum Gasteiger partial charge on any atom is 0.432 e. The first kappa shape index (κ1) is 21.4. The van der Waals surface area contributed by atoms with Crippen molar-refractivity contribution in [2.75, 3.05) is 12.4 Å². The number of rotatable bonds is 6. The van der Waals surface area contributed by atoms with E-state index in [0.717, 1.165) is 37.8 Å². The van der Waals surface area contributed by atoms with Gasteiger partial charge < -0.3 is 10.2 Å². The van der Waals surface area contributed by atoms with Crippen LogP contribution in [0.15, 0.2) is 24.3 Å². The molecule has 0 bridgehead atoms. The summed E-state index contributed by atoms with van der Waals surface area (Å²) in [5, 5.41) is 11.5. The molecule has 1 saturated carbocycles. The van der Waals surface area contributed by atoms with Gasteiger partial charge in [-0.25, -0.2) is 4.39 Å². The van der Waals surface area contributed by atoms with Crippen LogP contribution in [0.5, 0.6) is 0 Å². The van der Waals surface area contributed by atoms with Crippen molar-refractivity contribution in [1.82, 2.24) is 20.4 Å². The molecule has 1 aliphatic carbocycles. The van der Waals surface area contributed by atoms with E-state index in [-0.39, 0.29) is 22.4 Å². The fraction of sp³-hybridized carbons (Fsp3) is 0.444. The molecular weight excluding hydrogens is 414 g/mol. The molecule has 1 aromatic heterocycles. The second-order valence-electron chi connectivity index (χ2n) is 6.90.